The van der Waals surface area contributed by atoms with Gasteiger partial charge in [-0.1, -0.05) is 6.92 Å². The van der Waals surface area contributed by atoms with Crippen LogP contribution < -0.4 is 20.1 Å². The molecule has 0 bridgehead atoms. The number of nitrogens with zero attached hydrogens (tertiary/aromatic N) is 2. The van der Waals surface area contributed by atoms with Crippen molar-refractivity contribution >= 4 is 5.96 Å². The van der Waals surface area contributed by atoms with Crippen LogP contribution in [0.25, 0.3) is 0 Å². The van der Waals surface area contributed by atoms with Gasteiger partial charge in [0.05, 0.1) is 26.4 Å². The number of morpholine rings is 1. The number of rotatable bonds is 11. The molecule has 7 nitrogen and oxygen atoms in total. The first-order valence-electron chi connectivity index (χ1n) is 10.6. The number of guanidine groups is 1. The van der Waals surface area contributed by atoms with E-state index in [4.69, 9.17) is 14.2 Å². The molecule has 0 spiro atoms. The molecule has 9 heteroatoms. The lowest BCUT2D eigenvalue weighted by Crippen LogP contribution is -2.49. The molecule has 1 atom stereocenters. The first kappa shape index (κ1) is 24.1. The van der Waals surface area contributed by atoms with Gasteiger partial charge in [-0.15, -0.1) is 0 Å². The van der Waals surface area contributed by atoms with Crippen molar-refractivity contribution in [3.05, 3.63) is 23.8 Å². The van der Waals surface area contributed by atoms with Gasteiger partial charge >= 0.3 is 6.61 Å². The summed E-state index contributed by atoms with van der Waals surface area (Å²) in [4.78, 5) is 6.91. The quantitative estimate of drug-likeness (QED) is 0.417. The van der Waals surface area contributed by atoms with Crippen molar-refractivity contribution in [1.29, 1.82) is 0 Å². The van der Waals surface area contributed by atoms with Crippen molar-refractivity contribution in [2.24, 2.45) is 4.99 Å². The Hall–Kier alpha value is -2.13. The smallest absolute Gasteiger partial charge is 0.387 e. The lowest BCUT2D eigenvalue weighted by Gasteiger charge is -2.32. The second-order valence-corrected chi connectivity index (χ2v) is 7.07. The first-order valence-corrected chi connectivity index (χ1v) is 10.6. The van der Waals surface area contributed by atoms with E-state index in [0.29, 0.717) is 36.5 Å². The molecule has 0 amide bonds. The van der Waals surface area contributed by atoms with Gasteiger partial charge in [0, 0.05) is 43.9 Å². The summed E-state index contributed by atoms with van der Waals surface area (Å²) in [6.45, 7) is 8.68. The number of nitrogens with one attached hydrogen (secondary N) is 2. The summed E-state index contributed by atoms with van der Waals surface area (Å²) >= 11 is 0. The van der Waals surface area contributed by atoms with Gasteiger partial charge in [-0.3, -0.25) is 4.90 Å². The Morgan fingerprint density at radius 1 is 1.23 bits per heavy atom. The zero-order chi connectivity index (χ0) is 21.8. The molecule has 2 rings (SSSR count). The van der Waals surface area contributed by atoms with Gasteiger partial charge in [0.25, 0.3) is 0 Å². The van der Waals surface area contributed by atoms with Gasteiger partial charge < -0.3 is 24.8 Å². The summed E-state index contributed by atoms with van der Waals surface area (Å²) < 4.78 is 41.3. The van der Waals surface area contributed by atoms with E-state index in [1.807, 2.05) is 13.8 Å². The monoisotopic (exact) mass is 428 g/mol. The summed E-state index contributed by atoms with van der Waals surface area (Å²) in [5.41, 5.74) is 0.567. The van der Waals surface area contributed by atoms with Gasteiger partial charge in [-0.2, -0.15) is 8.78 Å². The van der Waals surface area contributed by atoms with Crippen LogP contribution in [0.1, 0.15) is 32.8 Å². The average molecular weight is 429 g/mol. The highest BCUT2D eigenvalue weighted by Crippen LogP contribution is 2.27. The maximum absolute atomic E-state index is 12.9. The molecule has 170 valence electrons. The Balaban J connectivity index is 2.02. The number of aliphatic imine (C=N–C) groups is 1. The largest absolute Gasteiger partial charge is 0.493 e. The van der Waals surface area contributed by atoms with E-state index in [9.17, 15) is 8.78 Å². The van der Waals surface area contributed by atoms with E-state index >= 15 is 0 Å². The van der Waals surface area contributed by atoms with Crippen LogP contribution in [0.3, 0.4) is 0 Å². The van der Waals surface area contributed by atoms with Gasteiger partial charge in [0.15, 0.2) is 5.96 Å². The number of hydrogen-bond donors (Lipinski definition) is 2. The Bertz CT molecular complexity index is 655. The van der Waals surface area contributed by atoms with Gasteiger partial charge in [-0.25, -0.2) is 4.99 Å². The molecular weight excluding hydrogens is 394 g/mol. The molecule has 0 aliphatic carbocycles. The third-order valence-corrected chi connectivity index (χ3v) is 4.71. The Labute approximate surface area is 177 Å². The molecule has 0 saturated carbocycles. The van der Waals surface area contributed by atoms with Crippen LogP contribution >= 0.6 is 0 Å². The van der Waals surface area contributed by atoms with Gasteiger partial charge in [0.1, 0.15) is 11.5 Å². The minimum atomic E-state index is -2.91. The maximum Gasteiger partial charge on any atom is 0.387 e. The lowest BCUT2D eigenvalue weighted by atomic mass is 10.2. The molecule has 1 heterocycles. The zero-order valence-electron chi connectivity index (χ0n) is 18.1. The number of hydrogen-bond acceptors (Lipinski definition) is 5. The zero-order valence-corrected chi connectivity index (χ0v) is 18.1. The normalized spacial score (nSPS) is 16.4. The molecule has 1 aliphatic heterocycles. The fourth-order valence-electron chi connectivity index (χ4n) is 3.08. The van der Waals surface area contributed by atoms with E-state index in [1.165, 1.54) is 6.07 Å². The molecule has 1 unspecified atom stereocenters. The topological polar surface area (TPSA) is 67.4 Å². The number of benzene rings is 1. The van der Waals surface area contributed by atoms with Crippen LogP contribution in [0.15, 0.2) is 23.2 Å². The molecule has 0 radical (unpaired) electrons. The summed E-state index contributed by atoms with van der Waals surface area (Å²) in [5.74, 6) is 1.22. The molecule has 2 N–H and O–H groups in total. The van der Waals surface area contributed by atoms with Gasteiger partial charge in [-0.05, 0) is 32.4 Å². The molecule has 30 heavy (non-hydrogen) atoms. The summed E-state index contributed by atoms with van der Waals surface area (Å²) in [7, 11) is 0. The van der Waals surface area contributed by atoms with E-state index in [-0.39, 0.29) is 12.3 Å². The van der Waals surface area contributed by atoms with Crippen LogP contribution in [0.2, 0.25) is 0 Å². The molecule has 1 aliphatic rings. The standard InChI is InChI=1S/C21H34F2N4O3/c1-4-10-29-18-7-6-17(19(13-18)30-20(22)23)15-26-21(24-5-2)25-14-16(3)27-8-11-28-12-9-27/h6-7,13,16,20H,4-5,8-12,14-15H2,1-3H3,(H2,24,25,26). The van der Waals surface area contributed by atoms with Crippen LogP contribution in [-0.4, -0.2) is 69.5 Å². The fourth-order valence-corrected chi connectivity index (χ4v) is 3.08. The van der Waals surface area contributed by atoms with E-state index in [2.05, 4.69) is 27.4 Å². The van der Waals surface area contributed by atoms with Crippen LogP contribution in [0.5, 0.6) is 11.5 Å². The van der Waals surface area contributed by atoms with Crippen LogP contribution in [0.4, 0.5) is 8.78 Å². The molecular formula is C21H34F2N4O3. The van der Waals surface area contributed by atoms with Crippen LogP contribution in [0, 0.1) is 0 Å². The van der Waals surface area contributed by atoms with Crippen molar-refractivity contribution in [3.8, 4) is 11.5 Å². The van der Waals surface area contributed by atoms with Crippen molar-refractivity contribution in [1.82, 2.24) is 15.5 Å². The highest BCUT2D eigenvalue weighted by Gasteiger charge is 2.17. The Kier molecular flexibility index (Phi) is 10.6. The highest BCUT2D eigenvalue weighted by molar-refractivity contribution is 5.79. The van der Waals surface area contributed by atoms with E-state index < -0.39 is 6.61 Å². The summed E-state index contributed by atoms with van der Waals surface area (Å²) in [5, 5.41) is 6.52. The van der Waals surface area contributed by atoms with Crippen molar-refractivity contribution in [2.45, 2.75) is 46.4 Å². The van der Waals surface area contributed by atoms with Crippen molar-refractivity contribution < 1.29 is 23.0 Å². The number of halogens is 2. The maximum atomic E-state index is 12.9. The van der Waals surface area contributed by atoms with Crippen molar-refractivity contribution in [3.63, 3.8) is 0 Å². The van der Waals surface area contributed by atoms with E-state index in [1.54, 1.807) is 12.1 Å². The molecule has 1 aromatic rings. The number of alkyl halides is 2. The van der Waals surface area contributed by atoms with Crippen molar-refractivity contribution in [2.75, 3.05) is 46.0 Å². The van der Waals surface area contributed by atoms with E-state index in [0.717, 1.165) is 39.3 Å². The second kappa shape index (κ2) is 13.2. The highest BCUT2D eigenvalue weighted by atomic mass is 19.3. The predicted octanol–water partition coefficient (Wildman–Crippen LogP) is 2.85. The first-order chi connectivity index (χ1) is 14.5. The molecule has 1 saturated heterocycles. The predicted molar refractivity (Wildman–Crippen MR) is 114 cm³/mol. The molecule has 1 fully saturated rings. The fraction of sp³-hybridized carbons (Fsp3) is 0.667. The third-order valence-electron chi connectivity index (χ3n) is 4.71. The summed E-state index contributed by atoms with van der Waals surface area (Å²) in [6, 6.07) is 5.28. The number of ether oxygens (including phenoxy) is 3. The summed E-state index contributed by atoms with van der Waals surface area (Å²) in [6.07, 6.45) is 0.831. The third kappa shape index (κ3) is 8.31. The Morgan fingerprint density at radius 3 is 2.67 bits per heavy atom. The molecule has 1 aromatic carbocycles. The average Bonchev–Trinajstić information content (AvgIpc) is 2.75. The molecule has 0 aromatic heterocycles. The Morgan fingerprint density at radius 2 is 2.00 bits per heavy atom. The minimum absolute atomic E-state index is 0.0832. The van der Waals surface area contributed by atoms with Crippen LogP contribution in [-0.2, 0) is 11.3 Å². The minimum Gasteiger partial charge on any atom is -0.493 e. The SMILES string of the molecule is CCCOc1ccc(CN=C(NCC)NCC(C)N2CCOCC2)c(OC(F)F)c1. The lowest BCUT2D eigenvalue weighted by molar-refractivity contribution is -0.0505. The van der Waals surface area contributed by atoms with Gasteiger partial charge in [0.2, 0.25) is 0 Å². The second-order valence-electron chi connectivity index (χ2n) is 7.07.